The van der Waals surface area contributed by atoms with Crippen molar-refractivity contribution in [3.8, 4) is 11.3 Å². The van der Waals surface area contributed by atoms with E-state index in [0.29, 0.717) is 21.4 Å². The fourth-order valence-electron chi connectivity index (χ4n) is 2.18. The SMILES string of the molecule is O=C(NC(=S)Nc1ccccc1F)c1ccc(-c2cccc(Cl)c2Cl)o1. The van der Waals surface area contributed by atoms with E-state index in [1.54, 1.807) is 36.4 Å². The molecular weight excluding hydrogens is 398 g/mol. The highest BCUT2D eigenvalue weighted by molar-refractivity contribution is 7.80. The largest absolute Gasteiger partial charge is 0.451 e. The number of halogens is 3. The maximum absolute atomic E-state index is 13.6. The second-order valence-corrected chi connectivity index (χ2v) is 6.35. The van der Waals surface area contributed by atoms with Gasteiger partial charge in [-0.3, -0.25) is 10.1 Å². The van der Waals surface area contributed by atoms with E-state index >= 15 is 0 Å². The molecule has 0 aliphatic rings. The predicted octanol–water partition coefficient (Wildman–Crippen LogP) is 5.52. The maximum atomic E-state index is 13.6. The van der Waals surface area contributed by atoms with Crippen LogP contribution in [0.4, 0.5) is 10.1 Å². The van der Waals surface area contributed by atoms with E-state index in [1.807, 2.05) is 0 Å². The van der Waals surface area contributed by atoms with E-state index in [9.17, 15) is 9.18 Å². The van der Waals surface area contributed by atoms with Gasteiger partial charge >= 0.3 is 0 Å². The van der Waals surface area contributed by atoms with Crippen LogP contribution in [-0.4, -0.2) is 11.0 Å². The van der Waals surface area contributed by atoms with Crippen LogP contribution in [0.15, 0.2) is 59.0 Å². The summed E-state index contributed by atoms with van der Waals surface area (Å²) in [6, 6.07) is 14.1. The zero-order valence-electron chi connectivity index (χ0n) is 13.1. The molecular formula is C18H11Cl2FN2O2S. The summed E-state index contributed by atoms with van der Waals surface area (Å²) in [5.74, 6) is -0.660. The highest BCUT2D eigenvalue weighted by Crippen LogP contribution is 2.34. The van der Waals surface area contributed by atoms with Crippen LogP contribution in [-0.2, 0) is 0 Å². The third-order valence-electron chi connectivity index (χ3n) is 3.40. The highest BCUT2D eigenvalue weighted by atomic mass is 35.5. The quantitative estimate of drug-likeness (QED) is 0.560. The first-order valence-electron chi connectivity index (χ1n) is 7.37. The molecule has 1 heterocycles. The third-order valence-corrected chi connectivity index (χ3v) is 4.42. The van der Waals surface area contributed by atoms with Crippen LogP contribution in [0.1, 0.15) is 10.6 Å². The summed E-state index contributed by atoms with van der Waals surface area (Å²) in [7, 11) is 0. The van der Waals surface area contributed by atoms with E-state index < -0.39 is 11.7 Å². The number of furan rings is 1. The zero-order valence-corrected chi connectivity index (χ0v) is 15.4. The Hall–Kier alpha value is -2.41. The van der Waals surface area contributed by atoms with Gasteiger partial charge in [-0.15, -0.1) is 0 Å². The van der Waals surface area contributed by atoms with Gasteiger partial charge < -0.3 is 9.73 Å². The smallest absolute Gasteiger partial charge is 0.293 e. The molecule has 4 nitrogen and oxygen atoms in total. The Morgan fingerprint density at radius 2 is 1.81 bits per heavy atom. The summed E-state index contributed by atoms with van der Waals surface area (Å²) < 4.78 is 19.1. The Kier molecular flexibility index (Phi) is 5.56. The van der Waals surface area contributed by atoms with Crippen LogP contribution in [0, 0.1) is 5.82 Å². The van der Waals surface area contributed by atoms with Gasteiger partial charge in [-0.2, -0.15) is 0 Å². The molecule has 8 heteroatoms. The van der Waals surface area contributed by atoms with Gasteiger partial charge in [0.15, 0.2) is 10.9 Å². The second-order valence-electron chi connectivity index (χ2n) is 5.15. The van der Waals surface area contributed by atoms with Crippen molar-refractivity contribution in [2.45, 2.75) is 0 Å². The van der Waals surface area contributed by atoms with Crippen molar-refractivity contribution in [2.24, 2.45) is 0 Å². The summed E-state index contributed by atoms with van der Waals surface area (Å²) >= 11 is 17.2. The molecule has 1 amide bonds. The Balaban J connectivity index is 1.71. The van der Waals surface area contributed by atoms with E-state index in [0.717, 1.165) is 0 Å². The van der Waals surface area contributed by atoms with Gasteiger partial charge in [-0.1, -0.05) is 41.4 Å². The predicted molar refractivity (Wildman–Crippen MR) is 104 cm³/mol. The van der Waals surface area contributed by atoms with Crippen molar-refractivity contribution in [3.63, 3.8) is 0 Å². The monoisotopic (exact) mass is 408 g/mol. The molecule has 0 fully saturated rings. The Bertz CT molecular complexity index is 991. The molecule has 3 aromatic rings. The lowest BCUT2D eigenvalue weighted by molar-refractivity contribution is 0.0951. The van der Waals surface area contributed by atoms with Gasteiger partial charge in [0, 0.05) is 5.56 Å². The number of nitrogens with one attached hydrogen (secondary N) is 2. The topological polar surface area (TPSA) is 54.3 Å². The number of benzene rings is 2. The number of carbonyl (C=O) groups is 1. The van der Waals surface area contributed by atoms with Gasteiger partial charge in [-0.05, 0) is 48.6 Å². The van der Waals surface area contributed by atoms with Gasteiger partial charge in [0.05, 0.1) is 15.7 Å². The van der Waals surface area contributed by atoms with Gasteiger partial charge in [0.25, 0.3) is 5.91 Å². The molecule has 0 spiro atoms. The zero-order chi connectivity index (χ0) is 18.7. The molecule has 2 aromatic carbocycles. The van der Waals surface area contributed by atoms with Crippen LogP contribution in [0.3, 0.4) is 0 Å². The minimum atomic E-state index is -0.580. The molecule has 0 atom stereocenters. The van der Waals surface area contributed by atoms with E-state index in [4.69, 9.17) is 39.8 Å². The van der Waals surface area contributed by atoms with Crippen LogP contribution in [0.5, 0.6) is 0 Å². The number of rotatable bonds is 3. The van der Waals surface area contributed by atoms with Crippen molar-refractivity contribution in [3.05, 3.63) is 76.2 Å². The lowest BCUT2D eigenvalue weighted by Crippen LogP contribution is -2.34. The van der Waals surface area contributed by atoms with Crippen molar-refractivity contribution in [1.29, 1.82) is 0 Å². The van der Waals surface area contributed by atoms with Crippen LogP contribution < -0.4 is 10.6 Å². The molecule has 0 bridgehead atoms. The van der Waals surface area contributed by atoms with E-state index in [1.165, 1.54) is 18.2 Å². The number of hydrogen-bond donors (Lipinski definition) is 2. The summed E-state index contributed by atoms with van der Waals surface area (Å²) in [4.78, 5) is 12.2. The molecule has 132 valence electrons. The molecule has 0 radical (unpaired) electrons. The fourth-order valence-corrected chi connectivity index (χ4v) is 2.78. The maximum Gasteiger partial charge on any atom is 0.293 e. The first-order chi connectivity index (χ1) is 12.5. The van der Waals surface area contributed by atoms with E-state index in [2.05, 4.69) is 10.6 Å². The summed E-state index contributed by atoms with van der Waals surface area (Å²) in [5, 5.41) is 5.68. The van der Waals surface area contributed by atoms with Gasteiger partial charge in [0.2, 0.25) is 0 Å². The van der Waals surface area contributed by atoms with Gasteiger partial charge in [-0.25, -0.2) is 4.39 Å². The molecule has 0 saturated carbocycles. The summed E-state index contributed by atoms with van der Waals surface area (Å²) in [5.41, 5.74) is 0.717. The highest BCUT2D eigenvalue weighted by Gasteiger charge is 2.16. The standard InChI is InChI=1S/C18H11Cl2FN2O2S/c19-11-5-3-4-10(16(11)20)14-8-9-15(25-14)17(24)23-18(26)22-13-7-2-1-6-12(13)21/h1-9H,(H2,22,23,24,26). The van der Waals surface area contributed by atoms with Crippen molar-refractivity contribution in [2.75, 3.05) is 5.32 Å². The number of amides is 1. The van der Waals surface area contributed by atoms with Gasteiger partial charge in [0.1, 0.15) is 11.6 Å². The third kappa shape index (κ3) is 4.04. The number of hydrogen-bond acceptors (Lipinski definition) is 3. The van der Waals surface area contributed by atoms with Crippen molar-refractivity contribution in [1.82, 2.24) is 5.32 Å². The van der Waals surface area contributed by atoms with Crippen LogP contribution >= 0.6 is 35.4 Å². The Morgan fingerprint density at radius 1 is 1.04 bits per heavy atom. The summed E-state index contributed by atoms with van der Waals surface area (Å²) in [6.07, 6.45) is 0. The second kappa shape index (κ2) is 7.86. The molecule has 2 N–H and O–H groups in total. The fraction of sp³-hybridized carbons (Fsp3) is 0. The normalized spacial score (nSPS) is 10.4. The lowest BCUT2D eigenvalue weighted by atomic mass is 10.2. The molecule has 0 aliphatic heterocycles. The van der Waals surface area contributed by atoms with E-state index in [-0.39, 0.29) is 16.6 Å². The molecule has 0 saturated heterocycles. The molecule has 3 rings (SSSR count). The minimum Gasteiger partial charge on any atom is -0.451 e. The first kappa shape index (κ1) is 18.4. The Labute approximate surface area is 163 Å². The van der Waals surface area contributed by atoms with Crippen LogP contribution in [0.2, 0.25) is 10.0 Å². The first-order valence-corrected chi connectivity index (χ1v) is 8.53. The summed E-state index contributed by atoms with van der Waals surface area (Å²) in [6.45, 7) is 0. The number of thiocarbonyl (C=S) groups is 1. The average molecular weight is 409 g/mol. The number of para-hydroxylation sites is 1. The minimum absolute atomic E-state index is 0.0220. The molecule has 0 aliphatic carbocycles. The van der Waals surface area contributed by atoms with Crippen LogP contribution in [0.25, 0.3) is 11.3 Å². The Morgan fingerprint density at radius 3 is 2.58 bits per heavy atom. The number of carbonyl (C=O) groups excluding carboxylic acids is 1. The average Bonchev–Trinajstić information content (AvgIpc) is 3.09. The van der Waals surface area contributed by atoms with Crippen molar-refractivity contribution >= 4 is 52.1 Å². The molecule has 26 heavy (non-hydrogen) atoms. The molecule has 0 unspecified atom stereocenters. The number of anilines is 1. The molecule has 1 aromatic heterocycles. The van der Waals surface area contributed by atoms with Crippen molar-refractivity contribution < 1.29 is 13.6 Å². The lowest BCUT2D eigenvalue weighted by Gasteiger charge is -2.09.